The van der Waals surface area contributed by atoms with Gasteiger partial charge in [-0.1, -0.05) is 60.7 Å². The largest absolute Gasteiger partial charge is 0.497 e. The first-order chi connectivity index (χ1) is 12.8. The molecule has 0 saturated heterocycles. The van der Waals surface area contributed by atoms with Gasteiger partial charge in [-0.05, 0) is 24.3 Å². The SMILES string of the molecule is COc1ccc(-c2nc(-c3ccccc3)c(-c3ccccc3)n2C)cc1. The summed E-state index contributed by atoms with van der Waals surface area (Å²) in [6.07, 6.45) is 0. The lowest BCUT2D eigenvalue weighted by molar-refractivity contribution is 0.415. The van der Waals surface area contributed by atoms with Crippen LogP contribution in [-0.2, 0) is 7.05 Å². The number of ether oxygens (including phenoxy) is 1. The van der Waals surface area contributed by atoms with Gasteiger partial charge in [-0.3, -0.25) is 0 Å². The summed E-state index contributed by atoms with van der Waals surface area (Å²) < 4.78 is 7.44. The van der Waals surface area contributed by atoms with Gasteiger partial charge in [0.05, 0.1) is 18.5 Å². The molecule has 0 aliphatic carbocycles. The lowest BCUT2D eigenvalue weighted by Crippen LogP contribution is -1.95. The Bertz CT molecular complexity index is 1000. The van der Waals surface area contributed by atoms with Crippen LogP contribution in [0.1, 0.15) is 0 Å². The van der Waals surface area contributed by atoms with E-state index in [2.05, 4.69) is 48.0 Å². The minimum atomic E-state index is 0.842. The van der Waals surface area contributed by atoms with Crippen molar-refractivity contribution in [2.24, 2.45) is 7.05 Å². The third-order valence-electron chi connectivity index (χ3n) is 4.54. The Hall–Kier alpha value is -3.33. The van der Waals surface area contributed by atoms with E-state index >= 15 is 0 Å². The molecular formula is C23H20N2O. The number of rotatable bonds is 4. The number of hydrogen-bond donors (Lipinski definition) is 0. The van der Waals surface area contributed by atoms with E-state index in [0.29, 0.717) is 0 Å². The van der Waals surface area contributed by atoms with Crippen LogP contribution in [0.2, 0.25) is 0 Å². The summed E-state index contributed by atoms with van der Waals surface area (Å²) in [5.74, 6) is 1.78. The lowest BCUT2D eigenvalue weighted by atomic mass is 10.1. The molecule has 26 heavy (non-hydrogen) atoms. The topological polar surface area (TPSA) is 27.1 Å². The number of nitrogens with zero attached hydrogens (tertiary/aromatic N) is 2. The van der Waals surface area contributed by atoms with Gasteiger partial charge in [-0.15, -0.1) is 0 Å². The number of benzene rings is 3. The first kappa shape index (κ1) is 16.2. The van der Waals surface area contributed by atoms with Crippen molar-refractivity contribution >= 4 is 0 Å². The van der Waals surface area contributed by atoms with E-state index in [1.54, 1.807) is 7.11 Å². The van der Waals surface area contributed by atoms with Crippen molar-refractivity contribution in [1.82, 2.24) is 9.55 Å². The van der Waals surface area contributed by atoms with Crippen molar-refractivity contribution in [1.29, 1.82) is 0 Å². The van der Waals surface area contributed by atoms with Crippen molar-refractivity contribution in [2.45, 2.75) is 0 Å². The van der Waals surface area contributed by atoms with Gasteiger partial charge in [-0.2, -0.15) is 0 Å². The van der Waals surface area contributed by atoms with Crippen LogP contribution in [0.15, 0.2) is 84.9 Å². The van der Waals surface area contributed by atoms with Gasteiger partial charge < -0.3 is 9.30 Å². The Labute approximate surface area is 153 Å². The molecule has 0 N–H and O–H groups in total. The van der Waals surface area contributed by atoms with Gasteiger partial charge >= 0.3 is 0 Å². The Kier molecular flexibility index (Phi) is 4.28. The predicted octanol–water partition coefficient (Wildman–Crippen LogP) is 5.43. The first-order valence-electron chi connectivity index (χ1n) is 8.60. The molecule has 0 unspecified atom stereocenters. The molecule has 0 aliphatic rings. The molecule has 0 atom stereocenters. The summed E-state index contributed by atoms with van der Waals surface area (Å²) in [5.41, 5.74) is 5.43. The quantitative estimate of drug-likeness (QED) is 0.495. The number of imidazole rings is 1. The zero-order valence-corrected chi connectivity index (χ0v) is 14.9. The molecule has 3 nitrogen and oxygen atoms in total. The van der Waals surface area contributed by atoms with Crippen molar-refractivity contribution < 1.29 is 4.74 Å². The molecule has 0 spiro atoms. The molecule has 0 fully saturated rings. The van der Waals surface area contributed by atoms with Crippen LogP contribution < -0.4 is 4.74 Å². The molecule has 0 amide bonds. The highest BCUT2D eigenvalue weighted by Crippen LogP contribution is 2.35. The maximum Gasteiger partial charge on any atom is 0.140 e. The van der Waals surface area contributed by atoms with Crippen LogP contribution in [-0.4, -0.2) is 16.7 Å². The van der Waals surface area contributed by atoms with E-state index in [1.807, 2.05) is 48.5 Å². The molecule has 3 aromatic carbocycles. The standard InChI is InChI=1S/C23H20N2O/c1-25-22(18-11-7-4-8-12-18)21(17-9-5-3-6-10-17)24-23(25)19-13-15-20(26-2)16-14-19/h3-16H,1-2H3. The summed E-state index contributed by atoms with van der Waals surface area (Å²) in [5, 5.41) is 0. The van der Waals surface area contributed by atoms with Gasteiger partial charge in [0.2, 0.25) is 0 Å². The predicted molar refractivity (Wildman–Crippen MR) is 106 cm³/mol. The molecule has 1 aromatic heterocycles. The molecule has 128 valence electrons. The highest BCUT2D eigenvalue weighted by Gasteiger charge is 2.18. The molecule has 4 rings (SSSR count). The fourth-order valence-corrected chi connectivity index (χ4v) is 3.22. The summed E-state index contributed by atoms with van der Waals surface area (Å²) in [4.78, 5) is 5.00. The van der Waals surface area contributed by atoms with E-state index in [1.165, 1.54) is 0 Å². The van der Waals surface area contributed by atoms with E-state index in [4.69, 9.17) is 9.72 Å². The van der Waals surface area contributed by atoms with Crippen molar-refractivity contribution in [3.63, 3.8) is 0 Å². The monoisotopic (exact) mass is 340 g/mol. The molecule has 3 heteroatoms. The van der Waals surface area contributed by atoms with Crippen LogP contribution >= 0.6 is 0 Å². The van der Waals surface area contributed by atoms with E-state index in [0.717, 1.165) is 39.7 Å². The fraction of sp³-hybridized carbons (Fsp3) is 0.0870. The minimum Gasteiger partial charge on any atom is -0.497 e. The lowest BCUT2D eigenvalue weighted by Gasteiger charge is -2.08. The maximum atomic E-state index is 5.28. The summed E-state index contributed by atoms with van der Waals surface area (Å²) in [7, 11) is 3.75. The Morgan fingerprint density at radius 1 is 0.692 bits per heavy atom. The maximum absolute atomic E-state index is 5.28. The van der Waals surface area contributed by atoms with Crippen molar-refractivity contribution in [3.05, 3.63) is 84.9 Å². The highest BCUT2D eigenvalue weighted by atomic mass is 16.5. The van der Waals surface area contributed by atoms with Crippen LogP contribution in [0.25, 0.3) is 33.9 Å². The minimum absolute atomic E-state index is 0.842. The number of aromatic nitrogens is 2. The first-order valence-corrected chi connectivity index (χ1v) is 8.60. The normalized spacial score (nSPS) is 10.7. The second-order valence-electron chi connectivity index (χ2n) is 6.15. The summed E-state index contributed by atoms with van der Waals surface area (Å²) in [6.45, 7) is 0. The van der Waals surface area contributed by atoms with Crippen LogP contribution in [0, 0.1) is 0 Å². The highest BCUT2D eigenvalue weighted by molar-refractivity contribution is 5.82. The van der Waals surface area contributed by atoms with E-state index in [-0.39, 0.29) is 0 Å². The average molecular weight is 340 g/mol. The molecule has 0 aliphatic heterocycles. The summed E-state index contributed by atoms with van der Waals surface area (Å²) >= 11 is 0. The van der Waals surface area contributed by atoms with Crippen LogP contribution in [0.5, 0.6) is 5.75 Å². The van der Waals surface area contributed by atoms with E-state index in [9.17, 15) is 0 Å². The Balaban J connectivity index is 1.93. The molecule has 4 aromatic rings. The van der Waals surface area contributed by atoms with Gasteiger partial charge in [-0.25, -0.2) is 4.98 Å². The van der Waals surface area contributed by atoms with Crippen LogP contribution in [0.4, 0.5) is 0 Å². The third kappa shape index (κ3) is 2.88. The van der Waals surface area contributed by atoms with Gasteiger partial charge in [0.25, 0.3) is 0 Å². The summed E-state index contributed by atoms with van der Waals surface area (Å²) in [6, 6.07) is 28.8. The van der Waals surface area contributed by atoms with Gasteiger partial charge in [0.1, 0.15) is 11.6 Å². The second-order valence-corrected chi connectivity index (χ2v) is 6.15. The molecule has 0 radical (unpaired) electrons. The third-order valence-corrected chi connectivity index (χ3v) is 4.54. The second kappa shape index (κ2) is 6.89. The van der Waals surface area contributed by atoms with E-state index < -0.39 is 0 Å². The van der Waals surface area contributed by atoms with Gasteiger partial charge in [0, 0.05) is 23.7 Å². The van der Waals surface area contributed by atoms with Crippen LogP contribution in [0.3, 0.4) is 0 Å². The molecule has 0 saturated carbocycles. The number of methoxy groups -OCH3 is 1. The Morgan fingerprint density at radius 3 is 1.85 bits per heavy atom. The Morgan fingerprint density at radius 2 is 1.27 bits per heavy atom. The average Bonchev–Trinajstić information content (AvgIpc) is 3.06. The molecule has 1 heterocycles. The number of hydrogen-bond acceptors (Lipinski definition) is 2. The molecule has 0 bridgehead atoms. The van der Waals surface area contributed by atoms with Crippen molar-refractivity contribution in [3.8, 4) is 39.7 Å². The van der Waals surface area contributed by atoms with Gasteiger partial charge in [0.15, 0.2) is 0 Å². The zero-order chi connectivity index (χ0) is 17.9. The zero-order valence-electron chi connectivity index (χ0n) is 14.9. The fourth-order valence-electron chi connectivity index (χ4n) is 3.22. The molecular weight excluding hydrogens is 320 g/mol. The smallest absolute Gasteiger partial charge is 0.140 e. The van der Waals surface area contributed by atoms with Crippen molar-refractivity contribution in [2.75, 3.05) is 7.11 Å².